The summed E-state index contributed by atoms with van der Waals surface area (Å²) in [5, 5.41) is 3.45. The summed E-state index contributed by atoms with van der Waals surface area (Å²) >= 11 is 0. The number of hydrogen-bond acceptors (Lipinski definition) is 3. The van der Waals surface area contributed by atoms with Gasteiger partial charge in [0, 0.05) is 6.04 Å². The van der Waals surface area contributed by atoms with Crippen LogP contribution in [-0.4, -0.2) is 12.1 Å². The molecule has 1 aliphatic carbocycles. The molecule has 1 fully saturated rings. The molecule has 1 aliphatic rings. The van der Waals surface area contributed by atoms with Gasteiger partial charge in [-0.15, -0.1) is 0 Å². The smallest absolute Gasteiger partial charge is 0.0856 e. The first-order valence-electron chi connectivity index (χ1n) is 3.46. The Kier molecular flexibility index (Phi) is 2.16. The second-order valence-corrected chi connectivity index (χ2v) is 2.64. The Bertz CT molecular complexity index is 102. The van der Waals surface area contributed by atoms with Gasteiger partial charge in [-0.3, -0.25) is 0 Å². The molecule has 0 radical (unpaired) electrons. The lowest BCUT2D eigenvalue weighted by atomic mass is 9.92. The molecule has 2 atom stereocenters. The van der Waals surface area contributed by atoms with Gasteiger partial charge in [0.05, 0.1) is 6.04 Å². The van der Waals surface area contributed by atoms with Crippen molar-refractivity contribution >= 4 is 0 Å². The van der Waals surface area contributed by atoms with Crippen LogP contribution in [0.5, 0.6) is 0 Å². The zero-order valence-electron chi connectivity index (χ0n) is 5.51. The molecule has 9 heavy (non-hydrogen) atoms. The Morgan fingerprint density at radius 1 is 1.33 bits per heavy atom. The highest BCUT2D eigenvalue weighted by atomic mass is 15.0. The third-order valence-corrected chi connectivity index (χ3v) is 1.95. The molecule has 52 valence electrons. The lowest BCUT2D eigenvalue weighted by molar-refractivity contribution is 0.372. The van der Waals surface area contributed by atoms with Crippen LogP contribution in [0.3, 0.4) is 0 Å². The standard InChI is InChI=1S/C6H13N3/c7-5-3-1-2-4-6(5)9-8/h5-6,8H,1-4,7H2/t5-,6-/m1/s1. The molecule has 0 aliphatic heterocycles. The van der Waals surface area contributed by atoms with E-state index >= 15 is 0 Å². The fraction of sp³-hybridized carbons (Fsp3) is 1.00. The van der Waals surface area contributed by atoms with Gasteiger partial charge < -0.3 is 5.73 Å². The monoisotopic (exact) mass is 127 g/mol. The molecule has 3 nitrogen and oxygen atoms in total. The molecule has 0 aromatic carbocycles. The van der Waals surface area contributed by atoms with Gasteiger partial charge in [0.15, 0.2) is 0 Å². The minimum absolute atomic E-state index is 0.124. The van der Waals surface area contributed by atoms with E-state index in [9.17, 15) is 0 Å². The normalized spacial score (nSPS) is 36.1. The van der Waals surface area contributed by atoms with Gasteiger partial charge in [0.25, 0.3) is 0 Å². The van der Waals surface area contributed by atoms with Crippen molar-refractivity contribution in [2.24, 2.45) is 10.8 Å². The molecule has 0 aromatic heterocycles. The summed E-state index contributed by atoms with van der Waals surface area (Å²) in [5.41, 5.74) is 12.4. The molecular formula is C6H13N3. The minimum Gasteiger partial charge on any atom is -0.326 e. The maximum absolute atomic E-state index is 6.77. The average molecular weight is 127 g/mol. The Hall–Kier alpha value is -0.440. The molecule has 1 saturated carbocycles. The summed E-state index contributed by atoms with van der Waals surface area (Å²) < 4.78 is 0. The third kappa shape index (κ3) is 1.48. The summed E-state index contributed by atoms with van der Waals surface area (Å²) in [7, 11) is 0. The second kappa shape index (κ2) is 2.92. The van der Waals surface area contributed by atoms with Gasteiger partial charge in [0.1, 0.15) is 0 Å². The van der Waals surface area contributed by atoms with Gasteiger partial charge in [-0.25, -0.2) is 5.53 Å². The molecule has 3 heteroatoms. The van der Waals surface area contributed by atoms with Crippen molar-refractivity contribution in [3.63, 3.8) is 0 Å². The SMILES string of the molecule is N=N[C@@H]1CCCC[C@H]1N. The van der Waals surface area contributed by atoms with Gasteiger partial charge in [0.2, 0.25) is 0 Å². The van der Waals surface area contributed by atoms with Crippen LogP contribution in [-0.2, 0) is 0 Å². The Balaban J connectivity index is 2.38. The van der Waals surface area contributed by atoms with Crippen molar-refractivity contribution in [3.8, 4) is 0 Å². The van der Waals surface area contributed by atoms with Crippen LogP contribution in [0.1, 0.15) is 25.7 Å². The van der Waals surface area contributed by atoms with Crippen molar-refractivity contribution < 1.29 is 0 Å². The summed E-state index contributed by atoms with van der Waals surface area (Å²) in [6, 6.07) is 0.287. The van der Waals surface area contributed by atoms with Crippen LogP contribution in [0.4, 0.5) is 0 Å². The Morgan fingerprint density at radius 3 is 2.44 bits per heavy atom. The molecule has 0 aromatic rings. The van der Waals surface area contributed by atoms with Crippen LogP contribution in [0.2, 0.25) is 0 Å². The highest BCUT2D eigenvalue weighted by molar-refractivity contribution is 4.81. The highest BCUT2D eigenvalue weighted by Gasteiger charge is 2.20. The van der Waals surface area contributed by atoms with Gasteiger partial charge in [-0.05, 0) is 12.8 Å². The fourth-order valence-corrected chi connectivity index (χ4v) is 1.30. The first-order valence-corrected chi connectivity index (χ1v) is 3.46. The zero-order chi connectivity index (χ0) is 6.69. The lowest BCUT2D eigenvalue weighted by Crippen LogP contribution is -2.35. The van der Waals surface area contributed by atoms with Crippen molar-refractivity contribution in [1.29, 1.82) is 5.53 Å². The number of nitrogens with one attached hydrogen (secondary N) is 1. The lowest BCUT2D eigenvalue weighted by Gasteiger charge is -2.23. The first kappa shape index (κ1) is 6.68. The molecule has 0 bridgehead atoms. The van der Waals surface area contributed by atoms with Crippen LogP contribution in [0.25, 0.3) is 0 Å². The Labute approximate surface area is 55.1 Å². The maximum Gasteiger partial charge on any atom is 0.0856 e. The van der Waals surface area contributed by atoms with E-state index in [4.69, 9.17) is 11.3 Å². The van der Waals surface area contributed by atoms with Crippen LogP contribution >= 0.6 is 0 Å². The van der Waals surface area contributed by atoms with Gasteiger partial charge in [-0.1, -0.05) is 12.8 Å². The van der Waals surface area contributed by atoms with Gasteiger partial charge in [-0.2, -0.15) is 5.11 Å². The quantitative estimate of drug-likeness (QED) is 0.512. The van der Waals surface area contributed by atoms with E-state index in [1.54, 1.807) is 0 Å². The van der Waals surface area contributed by atoms with Crippen molar-refractivity contribution in [1.82, 2.24) is 0 Å². The topological polar surface area (TPSA) is 62.2 Å². The summed E-state index contributed by atoms with van der Waals surface area (Å²) in [4.78, 5) is 0. The highest BCUT2D eigenvalue weighted by Crippen LogP contribution is 2.18. The largest absolute Gasteiger partial charge is 0.326 e. The first-order chi connectivity index (χ1) is 4.34. The Morgan fingerprint density at radius 2 is 2.00 bits per heavy atom. The van der Waals surface area contributed by atoms with E-state index in [-0.39, 0.29) is 12.1 Å². The molecule has 0 heterocycles. The summed E-state index contributed by atoms with van der Waals surface area (Å²) in [5.74, 6) is 0. The predicted octanol–water partition coefficient (Wildman–Crippen LogP) is 1.29. The summed E-state index contributed by atoms with van der Waals surface area (Å²) in [6.45, 7) is 0. The van der Waals surface area contributed by atoms with Gasteiger partial charge >= 0.3 is 0 Å². The number of nitrogens with two attached hydrogens (primary N) is 1. The van der Waals surface area contributed by atoms with E-state index in [1.165, 1.54) is 12.8 Å². The molecule has 1 rings (SSSR count). The van der Waals surface area contributed by atoms with Crippen molar-refractivity contribution in [3.05, 3.63) is 0 Å². The van der Waals surface area contributed by atoms with E-state index in [2.05, 4.69) is 5.11 Å². The van der Waals surface area contributed by atoms with Crippen LogP contribution < -0.4 is 5.73 Å². The van der Waals surface area contributed by atoms with Crippen molar-refractivity contribution in [2.75, 3.05) is 0 Å². The predicted molar refractivity (Wildman–Crippen MR) is 35.4 cm³/mol. The summed E-state index contributed by atoms with van der Waals surface area (Å²) in [6.07, 6.45) is 4.48. The molecule has 0 amide bonds. The minimum atomic E-state index is 0.124. The van der Waals surface area contributed by atoms with Crippen molar-refractivity contribution in [2.45, 2.75) is 37.8 Å². The van der Waals surface area contributed by atoms with E-state index < -0.39 is 0 Å². The second-order valence-electron chi connectivity index (χ2n) is 2.64. The molecule has 0 unspecified atom stereocenters. The molecular weight excluding hydrogens is 114 g/mol. The molecule has 0 spiro atoms. The number of rotatable bonds is 1. The number of nitrogens with zero attached hydrogens (tertiary/aromatic N) is 1. The van der Waals surface area contributed by atoms with E-state index in [0.717, 1.165) is 12.8 Å². The van der Waals surface area contributed by atoms with Crippen LogP contribution in [0.15, 0.2) is 5.11 Å². The number of hydrogen-bond donors (Lipinski definition) is 2. The zero-order valence-corrected chi connectivity index (χ0v) is 5.51. The third-order valence-electron chi connectivity index (χ3n) is 1.95. The van der Waals surface area contributed by atoms with E-state index in [0.29, 0.717) is 0 Å². The fourth-order valence-electron chi connectivity index (χ4n) is 1.30. The molecule has 0 saturated heterocycles. The van der Waals surface area contributed by atoms with E-state index in [1.807, 2.05) is 0 Å². The maximum atomic E-state index is 6.77. The average Bonchev–Trinajstić information content (AvgIpc) is 1.89. The molecule has 3 N–H and O–H groups in total. The van der Waals surface area contributed by atoms with Crippen LogP contribution in [0, 0.1) is 5.53 Å².